The molecule has 0 spiro atoms. The number of anilines is 1. The number of aliphatic carboxylic acids is 1. The predicted octanol–water partition coefficient (Wildman–Crippen LogP) is 4.20. The summed E-state index contributed by atoms with van der Waals surface area (Å²) in [4.78, 5) is 12.8. The summed E-state index contributed by atoms with van der Waals surface area (Å²) in [6, 6.07) is 7.58. The van der Waals surface area contributed by atoms with Gasteiger partial charge in [-0.05, 0) is 30.7 Å². The third kappa shape index (κ3) is 6.48. The smallest absolute Gasteiger partial charge is 0.305 e. The first-order chi connectivity index (χ1) is 9.13. The summed E-state index contributed by atoms with van der Waals surface area (Å²) in [5.41, 5.74) is 1.04. The molecule has 1 aromatic carbocycles. The molecule has 1 N–H and O–H groups in total. The number of carboxylic acids is 1. The van der Waals surface area contributed by atoms with E-state index in [1.165, 1.54) is 19.3 Å². The fourth-order valence-corrected chi connectivity index (χ4v) is 2.11. The predicted molar refractivity (Wildman–Crippen MR) is 80.1 cm³/mol. The molecule has 0 amide bonds. The Morgan fingerprint density at radius 1 is 1.16 bits per heavy atom. The molecule has 4 heteroatoms. The lowest BCUT2D eigenvalue weighted by Crippen LogP contribution is -2.27. The molecule has 0 aliphatic heterocycles. The van der Waals surface area contributed by atoms with Crippen molar-refractivity contribution in [3.05, 3.63) is 29.3 Å². The maximum Gasteiger partial charge on any atom is 0.305 e. The van der Waals surface area contributed by atoms with E-state index in [4.69, 9.17) is 16.7 Å². The Labute approximate surface area is 120 Å². The summed E-state index contributed by atoms with van der Waals surface area (Å²) >= 11 is 5.88. The van der Waals surface area contributed by atoms with E-state index in [1.807, 2.05) is 24.3 Å². The second kappa shape index (κ2) is 8.81. The summed E-state index contributed by atoms with van der Waals surface area (Å²) in [5, 5.41) is 9.52. The molecule has 0 atom stereocenters. The number of hydrogen-bond donors (Lipinski definition) is 1. The van der Waals surface area contributed by atoms with Gasteiger partial charge in [-0.2, -0.15) is 0 Å². The van der Waals surface area contributed by atoms with E-state index < -0.39 is 5.97 Å². The third-order valence-corrected chi connectivity index (χ3v) is 3.32. The van der Waals surface area contributed by atoms with Gasteiger partial charge in [0, 0.05) is 23.8 Å². The van der Waals surface area contributed by atoms with Crippen molar-refractivity contribution in [2.45, 2.75) is 39.0 Å². The molecular formula is C15H22ClNO2. The van der Waals surface area contributed by atoms with E-state index in [0.29, 0.717) is 11.6 Å². The molecule has 19 heavy (non-hydrogen) atoms. The van der Waals surface area contributed by atoms with Crippen LogP contribution in [0.3, 0.4) is 0 Å². The van der Waals surface area contributed by atoms with Crippen LogP contribution in [0, 0.1) is 0 Å². The number of nitrogens with zero attached hydrogens (tertiary/aromatic N) is 1. The lowest BCUT2D eigenvalue weighted by atomic mass is 10.2. The second-order valence-corrected chi connectivity index (χ2v) is 5.10. The molecule has 0 saturated carbocycles. The normalized spacial score (nSPS) is 10.4. The second-order valence-electron chi connectivity index (χ2n) is 4.67. The molecular weight excluding hydrogens is 262 g/mol. The topological polar surface area (TPSA) is 40.5 Å². The first-order valence-corrected chi connectivity index (χ1v) is 7.23. The van der Waals surface area contributed by atoms with Gasteiger partial charge in [-0.25, -0.2) is 0 Å². The maximum atomic E-state index is 10.7. The van der Waals surface area contributed by atoms with E-state index in [9.17, 15) is 4.79 Å². The van der Waals surface area contributed by atoms with E-state index >= 15 is 0 Å². The number of unbranched alkanes of at least 4 members (excludes halogenated alkanes) is 3. The minimum Gasteiger partial charge on any atom is -0.481 e. The number of halogens is 1. The summed E-state index contributed by atoms with van der Waals surface area (Å²) in [7, 11) is 0. The minimum absolute atomic E-state index is 0.163. The van der Waals surface area contributed by atoms with Crippen LogP contribution in [0.2, 0.25) is 5.02 Å². The van der Waals surface area contributed by atoms with Gasteiger partial charge < -0.3 is 10.0 Å². The molecule has 0 aliphatic rings. The van der Waals surface area contributed by atoms with Crippen LogP contribution in [0.25, 0.3) is 0 Å². The van der Waals surface area contributed by atoms with Crippen molar-refractivity contribution < 1.29 is 9.90 Å². The highest BCUT2D eigenvalue weighted by Gasteiger charge is 2.08. The highest BCUT2D eigenvalue weighted by Crippen LogP contribution is 2.19. The summed E-state index contributed by atoms with van der Waals surface area (Å²) in [5.74, 6) is -0.757. The van der Waals surface area contributed by atoms with Gasteiger partial charge in [-0.3, -0.25) is 4.79 Å². The Balaban J connectivity index is 2.57. The number of benzene rings is 1. The molecule has 1 rings (SSSR count). The van der Waals surface area contributed by atoms with Crippen molar-refractivity contribution in [2.24, 2.45) is 0 Å². The van der Waals surface area contributed by atoms with E-state index in [0.717, 1.165) is 18.7 Å². The Morgan fingerprint density at radius 2 is 1.84 bits per heavy atom. The van der Waals surface area contributed by atoms with Crippen LogP contribution in [0.1, 0.15) is 39.0 Å². The summed E-state index contributed by atoms with van der Waals surface area (Å²) < 4.78 is 0. The molecule has 0 heterocycles. The first-order valence-electron chi connectivity index (χ1n) is 6.85. The zero-order valence-electron chi connectivity index (χ0n) is 11.4. The number of hydrogen-bond acceptors (Lipinski definition) is 2. The van der Waals surface area contributed by atoms with Crippen molar-refractivity contribution in [3.8, 4) is 0 Å². The Hall–Kier alpha value is -1.22. The van der Waals surface area contributed by atoms with Crippen LogP contribution >= 0.6 is 11.6 Å². The Morgan fingerprint density at radius 3 is 2.42 bits per heavy atom. The number of carboxylic acid groups (broad SMARTS) is 1. The average molecular weight is 284 g/mol. The van der Waals surface area contributed by atoms with Crippen molar-refractivity contribution in [2.75, 3.05) is 18.0 Å². The third-order valence-electron chi connectivity index (χ3n) is 3.07. The molecule has 0 fully saturated rings. The fraction of sp³-hybridized carbons (Fsp3) is 0.533. The van der Waals surface area contributed by atoms with Crippen LogP contribution in [0.15, 0.2) is 24.3 Å². The van der Waals surface area contributed by atoms with Crippen LogP contribution in [-0.4, -0.2) is 24.2 Å². The molecule has 3 nitrogen and oxygen atoms in total. The molecule has 1 aromatic rings. The molecule has 0 aromatic heterocycles. The largest absolute Gasteiger partial charge is 0.481 e. The van der Waals surface area contributed by atoms with E-state index in [2.05, 4.69) is 11.8 Å². The Kier molecular flexibility index (Phi) is 7.34. The van der Waals surface area contributed by atoms with Gasteiger partial charge in [0.1, 0.15) is 0 Å². The molecule has 0 saturated heterocycles. The van der Waals surface area contributed by atoms with Gasteiger partial charge >= 0.3 is 5.97 Å². The average Bonchev–Trinajstić information content (AvgIpc) is 2.39. The van der Waals surface area contributed by atoms with Crippen molar-refractivity contribution in [3.63, 3.8) is 0 Å². The number of carbonyl (C=O) groups is 1. The zero-order valence-corrected chi connectivity index (χ0v) is 12.2. The SMILES string of the molecule is CCCCCCN(CCC(=O)O)c1ccc(Cl)cc1. The van der Waals surface area contributed by atoms with Crippen LogP contribution in [-0.2, 0) is 4.79 Å². The van der Waals surface area contributed by atoms with Gasteiger partial charge in [-0.1, -0.05) is 37.8 Å². The highest BCUT2D eigenvalue weighted by molar-refractivity contribution is 6.30. The Bertz CT molecular complexity index is 378. The van der Waals surface area contributed by atoms with Crippen molar-refractivity contribution in [1.82, 2.24) is 0 Å². The van der Waals surface area contributed by atoms with Gasteiger partial charge in [0.15, 0.2) is 0 Å². The van der Waals surface area contributed by atoms with Crippen LogP contribution in [0.5, 0.6) is 0 Å². The maximum absolute atomic E-state index is 10.7. The zero-order chi connectivity index (χ0) is 14.1. The van der Waals surface area contributed by atoms with E-state index in [1.54, 1.807) is 0 Å². The lowest BCUT2D eigenvalue weighted by molar-refractivity contribution is -0.136. The molecule has 0 aliphatic carbocycles. The molecule has 0 unspecified atom stereocenters. The van der Waals surface area contributed by atoms with Gasteiger partial charge in [-0.15, -0.1) is 0 Å². The minimum atomic E-state index is -0.757. The van der Waals surface area contributed by atoms with Gasteiger partial charge in [0.25, 0.3) is 0 Å². The van der Waals surface area contributed by atoms with Crippen LogP contribution < -0.4 is 4.90 Å². The summed E-state index contributed by atoms with van der Waals surface area (Å²) in [6.45, 7) is 3.62. The van der Waals surface area contributed by atoms with Gasteiger partial charge in [0.2, 0.25) is 0 Å². The highest BCUT2D eigenvalue weighted by atomic mass is 35.5. The van der Waals surface area contributed by atoms with Crippen LogP contribution in [0.4, 0.5) is 5.69 Å². The van der Waals surface area contributed by atoms with Crippen molar-refractivity contribution >= 4 is 23.3 Å². The lowest BCUT2D eigenvalue weighted by Gasteiger charge is -2.24. The summed E-state index contributed by atoms with van der Waals surface area (Å²) in [6.07, 6.45) is 4.88. The first kappa shape index (κ1) is 15.8. The van der Waals surface area contributed by atoms with Crippen molar-refractivity contribution in [1.29, 1.82) is 0 Å². The van der Waals surface area contributed by atoms with Gasteiger partial charge in [0.05, 0.1) is 6.42 Å². The standard InChI is InChI=1S/C15H22ClNO2/c1-2-3-4-5-11-17(12-10-15(18)19)14-8-6-13(16)7-9-14/h6-9H,2-5,10-12H2,1H3,(H,18,19). The molecule has 0 radical (unpaired) electrons. The molecule has 0 bridgehead atoms. The van der Waals surface area contributed by atoms with E-state index in [-0.39, 0.29) is 6.42 Å². The quantitative estimate of drug-likeness (QED) is 0.691. The fourth-order valence-electron chi connectivity index (χ4n) is 1.98. The number of rotatable bonds is 9. The monoisotopic (exact) mass is 283 g/mol. The molecule has 106 valence electrons.